The second-order valence-corrected chi connectivity index (χ2v) is 4.76. The summed E-state index contributed by atoms with van der Waals surface area (Å²) in [4.78, 5) is 34.9. The van der Waals surface area contributed by atoms with Gasteiger partial charge in [-0.3, -0.25) is 4.79 Å². The Morgan fingerprint density at radius 1 is 1.40 bits per heavy atom. The number of hydrogen-bond acceptors (Lipinski definition) is 3. The van der Waals surface area contributed by atoms with Crippen LogP contribution in [0, 0.1) is 0 Å². The summed E-state index contributed by atoms with van der Waals surface area (Å²) in [7, 11) is 0. The summed E-state index contributed by atoms with van der Waals surface area (Å²) >= 11 is 3.21. The van der Waals surface area contributed by atoms with E-state index in [1.165, 1.54) is 23.1 Å². The summed E-state index contributed by atoms with van der Waals surface area (Å²) in [6.07, 6.45) is 0. The number of urea groups is 1. The Kier molecular flexibility index (Phi) is 5.51. The number of aromatic carboxylic acids is 1. The Balaban J connectivity index is 2.91. The van der Waals surface area contributed by atoms with E-state index in [0.29, 0.717) is 16.7 Å². The highest BCUT2D eigenvalue weighted by Crippen LogP contribution is 2.24. The average molecular weight is 344 g/mol. The first-order chi connectivity index (χ1) is 9.35. The van der Waals surface area contributed by atoms with Crippen LogP contribution < -0.4 is 11.1 Å². The van der Waals surface area contributed by atoms with Crippen molar-refractivity contribution in [3.63, 3.8) is 0 Å². The van der Waals surface area contributed by atoms with Crippen molar-refractivity contribution in [2.24, 2.45) is 5.73 Å². The molecule has 20 heavy (non-hydrogen) atoms. The number of hydrogen-bond donors (Lipinski definition) is 3. The SMILES string of the molecule is CCN(CC(N)=O)C(=O)Nc1cc(C(=O)O)ccc1Br. The van der Waals surface area contributed by atoms with Gasteiger partial charge in [-0.05, 0) is 41.1 Å². The van der Waals surface area contributed by atoms with E-state index in [-0.39, 0.29) is 12.1 Å². The van der Waals surface area contributed by atoms with Crippen LogP contribution >= 0.6 is 15.9 Å². The van der Waals surface area contributed by atoms with Crippen LogP contribution in [0.25, 0.3) is 0 Å². The second-order valence-electron chi connectivity index (χ2n) is 3.91. The highest BCUT2D eigenvalue weighted by Gasteiger charge is 2.16. The van der Waals surface area contributed by atoms with Crippen molar-refractivity contribution in [3.8, 4) is 0 Å². The molecule has 1 aromatic rings. The standard InChI is InChI=1S/C12H14BrN3O4/c1-2-16(6-10(14)17)12(20)15-9-5-7(11(18)19)3-4-8(9)13/h3-5H,2,6H2,1H3,(H2,14,17)(H,15,20)(H,18,19). The molecular weight excluding hydrogens is 330 g/mol. The predicted molar refractivity (Wildman–Crippen MR) is 76.6 cm³/mol. The van der Waals surface area contributed by atoms with Gasteiger partial charge in [-0.25, -0.2) is 9.59 Å². The Bertz CT molecular complexity index is 548. The first kappa shape index (κ1) is 16.0. The molecule has 0 heterocycles. The Morgan fingerprint density at radius 3 is 2.55 bits per heavy atom. The number of nitrogens with one attached hydrogen (secondary N) is 1. The number of halogens is 1. The van der Waals surface area contributed by atoms with Crippen molar-refractivity contribution in [2.75, 3.05) is 18.4 Å². The minimum absolute atomic E-state index is 0.0430. The van der Waals surface area contributed by atoms with E-state index in [2.05, 4.69) is 21.2 Å². The van der Waals surface area contributed by atoms with Gasteiger partial charge in [0.1, 0.15) is 6.54 Å². The molecule has 0 aromatic heterocycles. The third kappa shape index (κ3) is 4.23. The lowest BCUT2D eigenvalue weighted by molar-refractivity contribution is -0.118. The zero-order valence-electron chi connectivity index (χ0n) is 10.7. The zero-order valence-corrected chi connectivity index (χ0v) is 12.3. The van der Waals surface area contributed by atoms with E-state index in [9.17, 15) is 14.4 Å². The third-order valence-corrected chi connectivity index (χ3v) is 3.16. The van der Waals surface area contributed by atoms with Crippen LogP contribution in [0.1, 0.15) is 17.3 Å². The van der Waals surface area contributed by atoms with Gasteiger partial charge in [-0.15, -0.1) is 0 Å². The first-order valence-corrected chi connectivity index (χ1v) is 6.51. The van der Waals surface area contributed by atoms with E-state index in [1.807, 2.05) is 0 Å². The fraction of sp³-hybridized carbons (Fsp3) is 0.250. The molecular formula is C12H14BrN3O4. The number of primary amides is 1. The molecule has 0 radical (unpaired) electrons. The zero-order chi connectivity index (χ0) is 15.3. The molecule has 1 aromatic carbocycles. The maximum atomic E-state index is 12.0. The number of nitrogens with zero attached hydrogens (tertiary/aromatic N) is 1. The number of amides is 3. The van der Waals surface area contributed by atoms with E-state index < -0.39 is 17.9 Å². The topological polar surface area (TPSA) is 113 Å². The van der Waals surface area contributed by atoms with Crippen LogP contribution in [0.15, 0.2) is 22.7 Å². The molecule has 0 unspecified atom stereocenters. The van der Waals surface area contributed by atoms with E-state index in [0.717, 1.165) is 0 Å². The van der Waals surface area contributed by atoms with Crippen LogP contribution in [0.3, 0.4) is 0 Å². The van der Waals surface area contributed by atoms with Crippen molar-refractivity contribution in [1.29, 1.82) is 0 Å². The highest BCUT2D eigenvalue weighted by atomic mass is 79.9. The molecule has 8 heteroatoms. The monoisotopic (exact) mass is 343 g/mol. The average Bonchev–Trinajstić information content (AvgIpc) is 2.37. The number of carbonyl (C=O) groups excluding carboxylic acids is 2. The van der Waals surface area contributed by atoms with Crippen LogP contribution in [0.5, 0.6) is 0 Å². The molecule has 0 bridgehead atoms. The molecule has 0 aliphatic heterocycles. The van der Waals surface area contributed by atoms with Gasteiger partial charge in [0.2, 0.25) is 5.91 Å². The van der Waals surface area contributed by atoms with Gasteiger partial charge in [0.25, 0.3) is 0 Å². The number of rotatable bonds is 5. The molecule has 0 fully saturated rings. The van der Waals surface area contributed by atoms with Crippen molar-refractivity contribution >= 4 is 39.5 Å². The molecule has 3 amide bonds. The molecule has 4 N–H and O–H groups in total. The second kappa shape index (κ2) is 6.90. The lowest BCUT2D eigenvalue weighted by Crippen LogP contribution is -2.40. The summed E-state index contributed by atoms with van der Waals surface area (Å²) < 4.78 is 0.533. The Morgan fingerprint density at radius 2 is 2.05 bits per heavy atom. The Hall–Kier alpha value is -2.09. The summed E-state index contributed by atoms with van der Waals surface area (Å²) in [6.45, 7) is 1.79. The molecule has 0 saturated heterocycles. The quantitative estimate of drug-likeness (QED) is 0.751. The van der Waals surface area contributed by atoms with Crippen LogP contribution in [-0.2, 0) is 4.79 Å². The number of nitrogens with two attached hydrogens (primary N) is 1. The first-order valence-electron chi connectivity index (χ1n) is 5.72. The highest BCUT2D eigenvalue weighted by molar-refractivity contribution is 9.10. The summed E-state index contributed by atoms with van der Waals surface area (Å²) in [5.74, 6) is -1.72. The normalized spacial score (nSPS) is 9.90. The number of likely N-dealkylation sites (N-methyl/N-ethyl adjacent to an activating group) is 1. The van der Waals surface area contributed by atoms with Gasteiger partial charge in [0.05, 0.1) is 11.3 Å². The maximum absolute atomic E-state index is 12.0. The Labute approximate surface area is 123 Å². The molecule has 0 saturated carbocycles. The molecule has 0 aliphatic carbocycles. The lowest BCUT2D eigenvalue weighted by atomic mass is 10.2. The van der Waals surface area contributed by atoms with Crippen molar-refractivity contribution in [3.05, 3.63) is 28.2 Å². The number of carbonyl (C=O) groups is 3. The molecule has 0 spiro atoms. The van der Waals surface area contributed by atoms with Crippen LogP contribution in [0.4, 0.5) is 10.5 Å². The third-order valence-electron chi connectivity index (χ3n) is 2.47. The molecule has 1 rings (SSSR count). The fourth-order valence-electron chi connectivity index (χ4n) is 1.46. The van der Waals surface area contributed by atoms with Crippen molar-refractivity contribution in [1.82, 2.24) is 4.90 Å². The number of anilines is 1. The fourth-order valence-corrected chi connectivity index (χ4v) is 1.81. The van der Waals surface area contributed by atoms with Crippen LogP contribution in [-0.4, -0.2) is 41.0 Å². The predicted octanol–water partition coefficient (Wildman–Crippen LogP) is 1.49. The van der Waals surface area contributed by atoms with Gasteiger partial charge in [-0.2, -0.15) is 0 Å². The van der Waals surface area contributed by atoms with Crippen LogP contribution in [0.2, 0.25) is 0 Å². The summed E-state index contributed by atoms with van der Waals surface area (Å²) in [5, 5.41) is 11.4. The lowest BCUT2D eigenvalue weighted by Gasteiger charge is -2.20. The summed E-state index contributed by atoms with van der Waals surface area (Å²) in [6, 6.07) is 3.71. The minimum atomic E-state index is -1.10. The van der Waals surface area contributed by atoms with Crippen molar-refractivity contribution < 1.29 is 19.5 Å². The van der Waals surface area contributed by atoms with Gasteiger partial charge in [-0.1, -0.05) is 0 Å². The smallest absolute Gasteiger partial charge is 0.335 e. The summed E-state index contributed by atoms with van der Waals surface area (Å²) in [5.41, 5.74) is 5.39. The number of carboxylic acid groups (broad SMARTS) is 1. The van der Waals surface area contributed by atoms with E-state index in [1.54, 1.807) is 6.92 Å². The minimum Gasteiger partial charge on any atom is -0.478 e. The van der Waals surface area contributed by atoms with Crippen molar-refractivity contribution in [2.45, 2.75) is 6.92 Å². The number of benzene rings is 1. The van der Waals surface area contributed by atoms with Gasteiger partial charge >= 0.3 is 12.0 Å². The molecule has 0 atom stereocenters. The van der Waals surface area contributed by atoms with Gasteiger partial charge < -0.3 is 21.1 Å². The number of carboxylic acids is 1. The largest absolute Gasteiger partial charge is 0.478 e. The maximum Gasteiger partial charge on any atom is 0.335 e. The van der Waals surface area contributed by atoms with Gasteiger partial charge in [0, 0.05) is 11.0 Å². The molecule has 0 aliphatic rings. The van der Waals surface area contributed by atoms with E-state index >= 15 is 0 Å². The molecule has 7 nitrogen and oxygen atoms in total. The van der Waals surface area contributed by atoms with Gasteiger partial charge in [0.15, 0.2) is 0 Å². The molecule has 108 valence electrons. The van der Waals surface area contributed by atoms with E-state index in [4.69, 9.17) is 10.8 Å².